The van der Waals surface area contributed by atoms with Crippen LogP contribution >= 0.6 is 0 Å². The number of esters is 1. The molecule has 57 heavy (non-hydrogen) atoms. The van der Waals surface area contributed by atoms with Crippen LogP contribution in [0.3, 0.4) is 0 Å². The van der Waals surface area contributed by atoms with E-state index in [2.05, 4.69) is 75.1 Å². The third kappa shape index (κ3) is 5.32. The van der Waals surface area contributed by atoms with Crippen molar-refractivity contribution in [3.05, 3.63) is 11.6 Å². The number of amides is 1. The first-order chi connectivity index (χ1) is 26.7. The van der Waals surface area contributed by atoms with Gasteiger partial charge in [-0.15, -0.1) is 10.2 Å². The number of rotatable bonds is 6. The number of carboxylic acids is 1. The Morgan fingerprint density at radius 2 is 1.40 bits per heavy atom. The third-order valence-electron chi connectivity index (χ3n) is 20.6. The molecule has 6 aliphatic carbocycles. The number of ether oxygens (including phenoxy) is 1. The molecule has 316 valence electrons. The van der Waals surface area contributed by atoms with Gasteiger partial charge in [0.15, 0.2) is 0 Å². The first-order valence-corrected chi connectivity index (χ1v) is 23.4. The predicted octanol–water partition coefficient (Wildman–Crippen LogP) is 9.92. The zero-order valence-electron chi connectivity index (χ0n) is 37.0. The maximum atomic E-state index is 15.4. The Kier molecular flexibility index (Phi) is 9.14. The number of carbonyl (C=O) groups excluding carboxylic acids is 2. The molecule has 2 bridgehead atoms. The van der Waals surface area contributed by atoms with Crippen LogP contribution in [0.4, 0.5) is 0 Å². The van der Waals surface area contributed by atoms with Gasteiger partial charge in [0.2, 0.25) is 5.91 Å². The lowest BCUT2D eigenvalue weighted by atomic mass is 9.32. The second-order valence-corrected chi connectivity index (χ2v) is 23.5. The summed E-state index contributed by atoms with van der Waals surface area (Å²) in [5.74, 6) is 3.29. The summed E-state index contributed by atoms with van der Waals surface area (Å²) in [5, 5.41) is 18.8. The third-order valence-corrected chi connectivity index (χ3v) is 20.6. The Bertz CT molecular complexity index is 1800. The summed E-state index contributed by atoms with van der Waals surface area (Å²) in [5.41, 5.74) is -0.344. The minimum Gasteiger partial charge on any atom is -0.481 e. The summed E-state index contributed by atoms with van der Waals surface area (Å²) in [6.07, 6.45) is 17.0. The monoisotopic (exact) mass is 787 g/mol. The van der Waals surface area contributed by atoms with E-state index in [1.54, 1.807) is 0 Å². The number of aryl methyl sites for hydroxylation is 1. The number of hydrogen-bond donors (Lipinski definition) is 1. The topological polar surface area (TPSA) is 115 Å². The fraction of sp³-hybridized carbons (Fsp3) is 0.896. The first-order valence-electron chi connectivity index (χ1n) is 23.4. The Balaban J connectivity index is 0.922. The van der Waals surface area contributed by atoms with Crippen LogP contribution in [-0.4, -0.2) is 60.8 Å². The maximum Gasteiger partial charge on any atom is 0.309 e. The predicted molar refractivity (Wildman–Crippen MR) is 219 cm³/mol. The lowest BCUT2D eigenvalue weighted by Crippen LogP contribution is -2.67. The van der Waals surface area contributed by atoms with Crippen molar-refractivity contribution in [1.82, 2.24) is 19.7 Å². The molecule has 0 spiro atoms. The van der Waals surface area contributed by atoms with E-state index in [1.165, 1.54) is 32.1 Å². The van der Waals surface area contributed by atoms with Gasteiger partial charge >= 0.3 is 11.9 Å². The van der Waals surface area contributed by atoms with Crippen molar-refractivity contribution in [2.45, 2.75) is 202 Å². The molecule has 0 aromatic carbocycles. The molecule has 13 atom stereocenters. The van der Waals surface area contributed by atoms with Gasteiger partial charge in [-0.05, 0) is 149 Å². The van der Waals surface area contributed by atoms with Crippen molar-refractivity contribution in [2.24, 2.45) is 68.0 Å². The molecule has 8 aliphatic rings. The van der Waals surface area contributed by atoms with Crippen LogP contribution in [0.2, 0.25) is 0 Å². The molecule has 9 heteroatoms. The van der Waals surface area contributed by atoms with Crippen LogP contribution in [0.5, 0.6) is 0 Å². The molecule has 3 heterocycles. The maximum absolute atomic E-state index is 15.4. The molecular formula is C48H74N4O5. The van der Waals surface area contributed by atoms with Gasteiger partial charge in [0.25, 0.3) is 0 Å². The average molecular weight is 787 g/mol. The number of hydrogen-bond acceptors (Lipinski definition) is 6. The molecule has 9 rings (SSSR count). The van der Waals surface area contributed by atoms with Crippen LogP contribution in [0.25, 0.3) is 0 Å². The lowest BCUT2D eigenvalue weighted by molar-refractivity contribution is -0.250. The normalized spacial score (nSPS) is 46.6. The summed E-state index contributed by atoms with van der Waals surface area (Å²) in [4.78, 5) is 43.3. The SMILES string of the molecule is Cc1nnc(C(C)C)n1C1CC2CCC(C1)N2C(=O)[C@]12CCC[C@@H]1[C@H]1CCC3[C@@]4(C)CC[C@H](OC(=O)[C@H]5C[C@@H](C(=O)O)C5(C)C)C(C)(C)C4CC[C@@]3(C)[C@]1(C)CC2. The minimum absolute atomic E-state index is 0.142. The number of aliphatic carboxylic acids is 1. The minimum atomic E-state index is -0.808. The second-order valence-electron chi connectivity index (χ2n) is 23.5. The molecule has 4 unspecified atom stereocenters. The van der Waals surface area contributed by atoms with Crippen molar-refractivity contribution in [3.8, 4) is 0 Å². The van der Waals surface area contributed by atoms with Gasteiger partial charge in [-0.3, -0.25) is 14.4 Å². The fourth-order valence-corrected chi connectivity index (χ4v) is 17.3. The average Bonchev–Trinajstić information content (AvgIpc) is 3.82. The number of piperidine rings is 1. The Morgan fingerprint density at radius 3 is 2.05 bits per heavy atom. The van der Waals surface area contributed by atoms with E-state index >= 15 is 4.79 Å². The molecular weight excluding hydrogens is 713 g/mol. The number of fused-ring (bicyclic) bond motifs is 9. The quantitative estimate of drug-likeness (QED) is 0.286. The molecule has 1 amide bonds. The van der Waals surface area contributed by atoms with Gasteiger partial charge in [0.05, 0.1) is 17.3 Å². The van der Waals surface area contributed by atoms with E-state index in [9.17, 15) is 14.7 Å². The van der Waals surface area contributed by atoms with Crippen LogP contribution < -0.4 is 0 Å². The Morgan fingerprint density at radius 1 is 0.702 bits per heavy atom. The summed E-state index contributed by atoms with van der Waals surface area (Å²) in [6, 6.07) is 1.04. The van der Waals surface area contributed by atoms with E-state index in [1.807, 2.05) is 13.8 Å². The summed E-state index contributed by atoms with van der Waals surface area (Å²) >= 11 is 0. The number of carboxylic acid groups (broad SMARTS) is 1. The summed E-state index contributed by atoms with van der Waals surface area (Å²) < 4.78 is 8.87. The van der Waals surface area contributed by atoms with Crippen molar-refractivity contribution in [3.63, 3.8) is 0 Å². The van der Waals surface area contributed by atoms with E-state index in [-0.39, 0.29) is 45.1 Å². The largest absolute Gasteiger partial charge is 0.481 e. The van der Waals surface area contributed by atoms with Crippen LogP contribution in [0.15, 0.2) is 0 Å². The van der Waals surface area contributed by atoms with Gasteiger partial charge in [-0.1, -0.05) is 68.7 Å². The summed E-state index contributed by atoms with van der Waals surface area (Å²) in [6.45, 7) is 23.0. The van der Waals surface area contributed by atoms with Gasteiger partial charge in [0.1, 0.15) is 17.8 Å². The number of carbonyl (C=O) groups is 3. The standard InChI is InChI=1S/C48H74N4O5/c1-27(2)39-50-49-28(3)51(39)31-24-29-13-14-30(25-31)52(29)42(56)48-19-11-12-33(48)32-15-16-37-45(8)20-18-38(57-41(55)35-26-34(40(53)54)43(35,4)5)44(6,7)36(45)17-21-47(37,10)46(32,9)22-23-48/h27,29-38H,11-26H2,1-10H3,(H,53,54)/t29?,30?,31?,32-,33-,34+,35-,36?,37?,38+,45+,46-,47-,48+/m1/s1. The molecule has 1 aromatic rings. The molecule has 2 aliphatic heterocycles. The van der Waals surface area contributed by atoms with Gasteiger partial charge in [0, 0.05) is 29.5 Å². The van der Waals surface area contributed by atoms with Gasteiger partial charge < -0.3 is 19.3 Å². The highest BCUT2D eigenvalue weighted by molar-refractivity contribution is 5.85. The zero-order chi connectivity index (χ0) is 40.8. The van der Waals surface area contributed by atoms with Crippen molar-refractivity contribution in [1.29, 1.82) is 0 Å². The van der Waals surface area contributed by atoms with E-state index in [0.29, 0.717) is 60.0 Å². The van der Waals surface area contributed by atoms with E-state index < -0.39 is 17.3 Å². The molecule has 6 saturated carbocycles. The Labute approximate surface area is 342 Å². The highest BCUT2D eigenvalue weighted by atomic mass is 16.5. The van der Waals surface area contributed by atoms with Crippen molar-refractivity contribution >= 4 is 17.8 Å². The Hall–Kier alpha value is -2.45. The molecule has 0 radical (unpaired) electrons. The smallest absolute Gasteiger partial charge is 0.309 e. The molecule has 1 N–H and O–H groups in total. The van der Waals surface area contributed by atoms with Crippen LogP contribution in [0, 0.1) is 74.9 Å². The number of aromatic nitrogens is 3. The molecule has 9 nitrogen and oxygen atoms in total. The number of nitrogens with zero attached hydrogens (tertiary/aromatic N) is 4. The molecule has 1 aromatic heterocycles. The zero-order valence-corrected chi connectivity index (χ0v) is 37.0. The second kappa shape index (κ2) is 13.0. The van der Waals surface area contributed by atoms with E-state index in [4.69, 9.17) is 4.74 Å². The highest BCUT2D eigenvalue weighted by Gasteiger charge is 2.72. The molecule has 2 saturated heterocycles. The lowest BCUT2D eigenvalue weighted by Gasteiger charge is -2.72. The van der Waals surface area contributed by atoms with Gasteiger partial charge in [-0.25, -0.2) is 0 Å². The van der Waals surface area contributed by atoms with Crippen LogP contribution in [-0.2, 0) is 19.1 Å². The first kappa shape index (κ1) is 40.0. The fourth-order valence-electron chi connectivity index (χ4n) is 17.3. The molecule has 8 fully saturated rings. The van der Waals surface area contributed by atoms with Crippen molar-refractivity contribution < 1.29 is 24.2 Å². The summed E-state index contributed by atoms with van der Waals surface area (Å²) in [7, 11) is 0. The van der Waals surface area contributed by atoms with Crippen molar-refractivity contribution in [2.75, 3.05) is 0 Å². The highest BCUT2D eigenvalue weighted by Crippen LogP contribution is 2.77. The van der Waals surface area contributed by atoms with E-state index in [0.717, 1.165) is 75.9 Å². The van der Waals surface area contributed by atoms with Crippen LogP contribution in [0.1, 0.15) is 189 Å². The van der Waals surface area contributed by atoms with Gasteiger partial charge in [-0.2, -0.15) is 0 Å².